The van der Waals surface area contributed by atoms with Crippen molar-refractivity contribution in [3.05, 3.63) is 45.2 Å². The number of anilines is 1. The quantitative estimate of drug-likeness (QED) is 0.625. The highest BCUT2D eigenvalue weighted by Crippen LogP contribution is 2.34. The number of hydrogen-bond acceptors (Lipinski definition) is 8. The summed E-state index contributed by atoms with van der Waals surface area (Å²) in [5, 5.41) is 11.3. The lowest BCUT2D eigenvalue weighted by molar-refractivity contribution is -0.115. The second-order valence-electron chi connectivity index (χ2n) is 6.50. The maximum absolute atomic E-state index is 12.0. The van der Waals surface area contributed by atoms with Gasteiger partial charge in [0.15, 0.2) is 11.0 Å². The Morgan fingerprint density at radius 1 is 1.30 bits per heavy atom. The molecule has 3 aromatic heterocycles. The van der Waals surface area contributed by atoms with Gasteiger partial charge in [-0.2, -0.15) is 4.98 Å². The van der Waals surface area contributed by atoms with Gasteiger partial charge in [0.2, 0.25) is 11.8 Å². The molecular formula is C17H20ClN5O2S2. The number of nitrogens with one attached hydrogen (secondary N) is 1. The monoisotopic (exact) mass is 425 g/mol. The summed E-state index contributed by atoms with van der Waals surface area (Å²) in [5.41, 5.74) is 6.69. The fourth-order valence-electron chi connectivity index (χ4n) is 3.09. The molecule has 0 aromatic carbocycles. The summed E-state index contributed by atoms with van der Waals surface area (Å²) in [4.78, 5) is 22.0. The molecule has 4 rings (SSSR count). The smallest absolute Gasteiger partial charge is 0.232 e. The normalized spacial score (nSPS) is 15.4. The van der Waals surface area contributed by atoms with Crippen LogP contribution in [0.15, 0.2) is 27.4 Å². The number of halogens is 1. The Bertz CT molecular complexity index is 887. The standard InChI is InChI=1S/C17H19N5O2S2.ClH/c18-17(5-1-2-6-17)15-21-14(24-22-15)8-11-10-26-16(19-11)20-13(23)9-12-4-3-7-25-12;/h3-4,7,10H,1-2,5-6,8-9,18H2,(H,19,20,23);1H. The van der Waals surface area contributed by atoms with E-state index in [0.717, 1.165) is 36.3 Å². The first-order chi connectivity index (χ1) is 12.6. The number of rotatable bonds is 6. The average Bonchev–Trinajstić information content (AvgIpc) is 3.36. The molecule has 10 heteroatoms. The average molecular weight is 426 g/mol. The van der Waals surface area contributed by atoms with Crippen LogP contribution in [0.2, 0.25) is 0 Å². The van der Waals surface area contributed by atoms with E-state index < -0.39 is 5.54 Å². The second-order valence-corrected chi connectivity index (χ2v) is 8.39. The number of carbonyl (C=O) groups is 1. The van der Waals surface area contributed by atoms with Crippen molar-refractivity contribution in [2.24, 2.45) is 5.73 Å². The molecule has 7 nitrogen and oxygen atoms in total. The molecule has 3 N–H and O–H groups in total. The number of thiazole rings is 1. The zero-order chi connectivity index (χ0) is 18.0. The molecule has 0 atom stereocenters. The Balaban J connectivity index is 0.00000210. The Kier molecular flexibility index (Phi) is 6.25. The van der Waals surface area contributed by atoms with Crippen LogP contribution in [0.25, 0.3) is 0 Å². The Morgan fingerprint density at radius 3 is 2.85 bits per heavy atom. The molecule has 0 saturated heterocycles. The number of aromatic nitrogens is 3. The predicted molar refractivity (Wildman–Crippen MR) is 107 cm³/mol. The van der Waals surface area contributed by atoms with Gasteiger partial charge in [0.05, 0.1) is 24.1 Å². The summed E-state index contributed by atoms with van der Waals surface area (Å²) >= 11 is 2.95. The third kappa shape index (κ3) is 4.73. The lowest BCUT2D eigenvalue weighted by atomic mass is 9.99. The van der Waals surface area contributed by atoms with Crippen LogP contribution in [-0.4, -0.2) is 21.0 Å². The fourth-order valence-corrected chi connectivity index (χ4v) is 4.52. The number of amides is 1. The largest absolute Gasteiger partial charge is 0.339 e. The first kappa shape index (κ1) is 19.9. The molecule has 3 heterocycles. The van der Waals surface area contributed by atoms with E-state index in [1.165, 1.54) is 11.3 Å². The van der Waals surface area contributed by atoms with Crippen LogP contribution in [-0.2, 0) is 23.2 Å². The third-order valence-corrected chi connectivity index (χ3v) is 6.14. The SMILES string of the molecule is Cl.NC1(c2noc(Cc3csc(NC(=O)Cc4cccs4)n3)n2)CCCC1. The number of thiophene rings is 1. The van der Waals surface area contributed by atoms with Crippen LogP contribution in [0.5, 0.6) is 0 Å². The molecule has 3 aromatic rings. The van der Waals surface area contributed by atoms with Crippen LogP contribution >= 0.6 is 35.1 Å². The van der Waals surface area contributed by atoms with Gasteiger partial charge in [-0.1, -0.05) is 24.1 Å². The van der Waals surface area contributed by atoms with E-state index in [2.05, 4.69) is 20.4 Å². The first-order valence-corrected chi connectivity index (χ1v) is 10.3. The first-order valence-electron chi connectivity index (χ1n) is 8.49. The molecule has 0 spiro atoms. The Labute approximate surface area is 170 Å². The topological polar surface area (TPSA) is 107 Å². The molecule has 0 aliphatic heterocycles. The van der Waals surface area contributed by atoms with E-state index >= 15 is 0 Å². The Hall–Kier alpha value is -1.81. The highest BCUT2D eigenvalue weighted by atomic mass is 35.5. The highest BCUT2D eigenvalue weighted by molar-refractivity contribution is 7.14. The molecule has 27 heavy (non-hydrogen) atoms. The van der Waals surface area contributed by atoms with Crippen LogP contribution < -0.4 is 11.1 Å². The van der Waals surface area contributed by atoms with Crippen LogP contribution in [0.3, 0.4) is 0 Å². The summed E-state index contributed by atoms with van der Waals surface area (Å²) in [7, 11) is 0. The summed E-state index contributed by atoms with van der Waals surface area (Å²) in [6.45, 7) is 0. The number of hydrogen-bond donors (Lipinski definition) is 2. The predicted octanol–water partition coefficient (Wildman–Crippen LogP) is 3.51. The number of nitrogens with zero attached hydrogens (tertiary/aromatic N) is 3. The number of carbonyl (C=O) groups excluding carboxylic acids is 1. The van der Waals surface area contributed by atoms with Crippen molar-refractivity contribution in [3.8, 4) is 0 Å². The van der Waals surface area contributed by atoms with E-state index in [9.17, 15) is 4.79 Å². The number of nitrogens with two attached hydrogens (primary N) is 1. The molecule has 1 aliphatic rings. The zero-order valence-electron chi connectivity index (χ0n) is 14.5. The third-order valence-electron chi connectivity index (χ3n) is 4.45. The lowest BCUT2D eigenvalue weighted by Crippen LogP contribution is -2.34. The van der Waals surface area contributed by atoms with Crippen molar-refractivity contribution < 1.29 is 9.32 Å². The van der Waals surface area contributed by atoms with E-state index in [4.69, 9.17) is 10.3 Å². The summed E-state index contributed by atoms with van der Waals surface area (Å²) < 4.78 is 5.34. The van der Waals surface area contributed by atoms with Gasteiger partial charge in [-0.3, -0.25) is 4.79 Å². The van der Waals surface area contributed by atoms with Crippen LogP contribution in [0.4, 0.5) is 5.13 Å². The van der Waals surface area contributed by atoms with Crippen LogP contribution in [0, 0.1) is 0 Å². The molecule has 144 valence electrons. The van der Waals surface area contributed by atoms with E-state index in [0.29, 0.717) is 29.7 Å². The van der Waals surface area contributed by atoms with Crippen LogP contribution in [0.1, 0.15) is 48.0 Å². The zero-order valence-corrected chi connectivity index (χ0v) is 17.0. The van der Waals surface area contributed by atoms with Gasteiger partial charge >= 0.3 is 0 Å². The maximum atomic E-state index is 12.0. The molecule has 1 aliphatic carbocycles. The van der Waals surface area contributed by atoms with Crippen molar-refractivity contribution in [1.82, 2.24) is 15.1 Å². The van der Waals surface area contributed by atoms with Crippen molar-refractivity contribution in [2.45, 2.75) is 44.1 Å². The Morgan fingerprint density at radius 2 is 2.11 bits per heavy atom. The van der Waals surface area contributed by atoms with Gasteiger partial charge < -0.3 is 15.6 Å². The van der Waals surface area contributed by atoms with Crippen molar-refractivity contribution >= 4 is 46.1 Å². The minimum absolute atomic E-state index is 0. The molecule has 1 saturated carbocycles. The van der Waals surface area contributed by atoms with E-state index in [-0.39, 0.29) is 18.3 Å². The van der Waals surface area contributed by atoms with Crippen molar-refractivity contribution in [2.75, 3.05) is 5.32 Å². The minimum atomic E-state index is -0.454. The maximum Gasteiger partial charge on any atom is 0.232 e. The summed E-state index contributed by atoms with van der Waals surface area (Å²) in [5.74, 6) is 1.02. The van der Waals surface area contributed by atoms with E-state index in [1.807, 2.05) is 22.9 Å². The van der Waals surface area contributed by atoms with Gasteiger partial charge in [0, 0.05) is 10.3 Å². The van der Waals surface area contributed by atoms with Crippen molar-refractivity contribution in [1.29, 1.82) is 0 Å². The summed E-state index contributed by atoms with van der Waals surface area (Å²) in [6.07, 6.45) is 4.77. The molecule has 0 bridgehead atoms. The highest BCUT2D eigenvalue weighted by Gasteiger charge is 2.35. The molecule has 1 fully saturated rings. The molecular weight excluding hydrogens is 406 g/mol. The second kappa shape index (κ2) is 8.47. The molecule has 0 unspecified atom stereocenters. The van der Waals surface area contributed by atoms with Gasteiger partial charge in [-0.15, -0.1) is 35.1 Å². The van der Waals surface area contributed by atoms with Gasteiger partial charge in [0.25, 0.3) is 0 Å². The van der Waals surface area contributed by atoms with Crippen molar-refractivity contribution in [3.63, 3.8) is 0 Å². The molecule has 0 radical (unpaired) electrons. The fraction of sp³-hybridized carbons (Fsp3) is 0.412. The van der Waals surface area contributed by atoms with E-state index in [1.54, 1.807) is 11.3 Å². The lowest BCUT2D eigenvalue weighted by Gasteiger charge is -2.17. The van der Waals surface area contributed by atoms with Gasteiger partial charge in [0.1, 0.15) is 0 Å². The minimum Gasteiger partial charge on any atom is -0.339 e. The summed E-state index contributed by atoms with van der Waals surface area (Å²) in [6, 6.07) is 3.88. The molecule has 1 amide bonds. The van der Waals surface area contributed by atoms with Gasteiger partial charge in [-0.05, 0) is 24.3 Å². The van der Waals surface area contributed by atoms with Gasteiger partial charge in [-0.25, -0.2) is 4.98 Å².